The van der Waals surface area contributed by atoms with E-state index in [1.165, 1.54) is 0 Å². The Morgan fingerprint density at radius 2 is 1.79 bits per heavy atom. The number of hydrogen-bond donors (Lipinski definition) is 2. The lowest BCUT2D eigenvalue weighted by molar-refractivity contribution is -0.120. The highest BCUT2D eigenvalue weighted by Gasteiger charge is 2.21. The summed E-state index contributed by atoms with van der Waals surface area (Å²) >= 11 is 5.86. The SMILES string of the molecule is C[C@H](NC(=O)CNC(=O)c1ccc(N2CCCC2=O)cc1)c1ccc(Cl)cc1. The molecule has 0 aliphatic carbocycles. The molecule has 3 rings (SSSR count). The molecular formula is C21H22ClN3O3. The van der Waals surface area contributed by atoms with Crippen LogP contribution in [0.15, 0.2) is 48.5 Å². The van der Waals surface area contributed by atoms with Crippen molar-refractivity contribution >= 4 is 35.0 Å². The number of hydrogen-bond acceptors (Lipinski definition) is 3. The first-order chi connectivity index (χ1) is 13.4. The molecule has 1 saturated heterocycles. The third-order valence-corrected chi connectivity index (χ3v) is 4.92. The van der Waals surface area contributed by atoms with Gasteiger partial charge in [0.05, 0.1) is 12.6 Å². The summed E-state index contributed by atoms with van der Waals surface area (Å²) in [6, 6.07) is 13.8. The monoisotopic (exact) mass is 399 g/mol. The maximum absolute atomic E-state index is 12.3. The molecular weight excluding hydrogens is 378 g/mol. The summed E-state index contributed by atoms with van der Waals surface area (Å²) in [7, 11) is 0. The fourth-order valence-corrected chi connectivity index (χ4v) is 3.23. The van der Waals surface area contributed by atoms with Crippen LogP contribution in [0, 0.1) is 0 Å². The van der Waals surface area contributed by atoms with Crippen molar-refractivity contribution in [2.24, 2.45) is 0 Å². The Morgan fingerprint density at radius 3 is 2.39 bits per heavy atom. The Bertz CT molecular complexity index is 865. The highest BCUT2D eigenvalue weighted by molar-refractivity contribution is 6.30. The molecule has 0 saturated carbocycles. The van der Waals surface area contributed by atoms with Crippen LogP contribution >= 0.6 is 11.6 Å². The molecule has 1 atom stereocenters. The molecule has 2 aromatic carbocycles. The molecule has 0 radical (unpaired) electrons. The molecule has 1 heterocycles. The number of carbonyl (C=O) groups is 3. The lowest BCUT2D eigenvalue weighted by atomic mass is 10.1. The molecule has 0 unspecified atom stereocenters. The quantitative estimate of drug-likeness (QED) is 0.783. The van der Waals surface area contributed by atoms with Gasteiger partial charge in [0.2, 0.25) is 11.8 Å². The zero-order valence-corrected chi connectivity index (χ0v) is 16.3. The highest BCUT2D eigenvalue weighted by atomic mass is 35.5. The maximum atomic E-state index is 12.3. The number of carbonyl (C=O) groups excluding carboxylic acids is 3. The van der Waals surface area contributed by atoms with Crippen LogP contribution in [0.4, 0.5) is 5.69 Å². The number of amides is 3. The minimum Gasteiger partial charge on any atom is -0.348 e. The Morgan fingerprint density at radius 1 is 1.11 bits per heavy atom. The Balaban J connectivity index is 1.49. The van der Waals surface area contributed by atoms with Crippen LogP contribution in [0.3, 0.4) is 0 Å². The Hall–Kier alpha value is -2.86. The van der Waals surface area contributed by atoms with E-state index in [9.17, 15) is 14.4 Å². The van der Waals surface area contributed by atoms with E-state index in [4.69, 9.17) is 11.6 Å². The van der Waals surface area contributed by atoms with Crippen LogP contribution in [0.25, 0.3) is 0 Å². The van der Waals surface area contributed by atoms with E-state index in [0.717, 1.165) is 17.7 Å². The summed E-state index contributed by atoms with van der Waals surface area (Å²) in [5.74, 6) is -0.521. The van der Waals surface area contributed by atoms with Gasteiger partial charge in [0.25, 0.3) is 5.91 Å². The zero-order chi connectivity index (χ0) is 20.1. The van der Waals surface area contributed by atoms with E-state index < -0.39 is 0 Å². The van der Waals surface area contributed by atoms with Crippen LogP contribution in [0.1, 0.15) is 41.7 Å². The van der Waals surface area contributed by atoms with Gasteiger partial charge in [0, 0.05) is 29.2 Å². The molecule has 1 aliphatic rings. The molecule has 6 nitrogen and oxygen atoms in total. The summed E-state index contributed by atoms with van der Waals surface area (Å²) in [6.45, 7) is 2.45. The van der Waals surface area contributed by atoms with E-state index in [1.807, 2.05) is 19.1 Å². The van der Waals surface area contributed by atoms with Gasteiger partial charge in [-0.2, -0.15) is 0 Å². The number of anilines is 1. The van der Waals surface area contributed by atoms with E-state index in [0.29, 0.717) is 23.6 Å². The average Bonchev–Trinajstić information content (AvgIpc) is 3.12. The molecule has 2 N–H and O–H groups in total. The number of halogens is 1. The van der Waals surface area contributed by atoms with Crippen molar-refractivity contribution in [1.29, 1.82) is 0 Å². The van der Waals surface area contributed by atoms with Gasteiger partial charge in [0.1, 0.15) is 0 Å². The van der Waals surface area contributed by atoms with Crippen molar-refractivity contribution < 1.29 is 14.4 Å². The van der Waals surface area contributed by atoms with Crippen molar-refractivity contribution in [3.63, 3.8) is 0 Å². The third-order valence-electron chi connectivity index (χ3n) is 4.67. The normalized spacial score (nSPS) is 14.6. The first-order valence-corrected chi connectivity index (χ1v) is 9.55. The van der Waals surface area contributed by atoms with Gasteiger partial charge in [-0.3, -0.25) is 14.4 Å². The van der Waals surface area contributed by atoms with E-state index in [1.54, 1.807) is 41.3 Å². The van der Waals surface area contributed by atoms with Crippen molar-refractivity contribution in [2.75, 3.05) is 18.0 Å². The van der Waals surface area contributed by atoms with Crippen LogP contribution in [0.5, 0.6) is 0 Å². The number of rotatable bonds is 6. The molecule has 2 aromatic rings. The molecule has 0 bridgehead atoms. The van der Waals surface area contributed by atoms with E-state index in [2.05, 4.69) is 10.6 Å². The standard InChI is InChI=1S/C21H22ClN3O3/c1-14(15-4-8-17(22)9-5-15)24-19(26)13-23-21(28)16-6-10-18(11-7-16)25-12-2-3-20(25)27/h4-11,14H,2-3,12-13H2,1H3,(H,23,28)(H,24,26)/t14-/m0/s1. The van der Waals surface area contributed by atoms with E-state index in [-0.39, 0.29) is 30.3 Å². The summed E-state index contributed by atoms with van der Waals surface area (Å²) in [5.41, 5.74) is 2.15. The van der Waals surface area contributed by atoms with Gasteiger partial charge in [-0.05, 0) is 55.3 Å². The summed E-state index contributed by atoms with van der Waals surface area (Å²) in [6.07, 6.45) is 1.41. The average molecular weight is 400 g/mol. The molecule has 3 amide bonds. The van der Waals surface area contributed by atoms with Gasteiger partial charge in [-0.25, -0.2) is 0 Å². The van der Waals surface area contributed by atoms with Crippen LogP contribution in [-0.4, -0.2) is 30.8 Å². The third kappa shape index (κ3) is 4.89. The molecule has 7 heteroatoms. The summed E-state index contributed by atoms with van der Waals surface area (Å²) < 4.78 is 0. The molecule has 28 heavy (non-hydrogen) atoms. The van der Waals surface area contributed by atoms with Crippen molar-refractivity contribution in [1.82, 2.24) is 10.6 Å². The van der Waals surface area contributed by atoms with Gasteiger partial charge in [-0.1, -0.05) is 23.7 Å². The molecule has 0 spiro atoms. The number of benzene rings is 2. The second-order valence-electron chi connectivity index (χ2n) is 6.72. The zero-order valence-electron chi connectivity index (χ0n) is 15.6. The maximum Gasteiger partial charge on any atom is 0.251 e. The summed E-state index contributed by atoms with van der Waals surface area (Å²) in [4.78, 5) is 37.8. The predicted molar refractivity (Wildman–Crippen MR) is 108 cm³/mol. The predicted octanol–water partition coefficient (Wildman–Crippen LogP) is 3.07. The smallest absolute Gasteiger partial charge is 0.251 e. The highest BCUT2D eigenvalue weighted by Crippen LogP contribution is 2.21. The van der Waals surface area contributed by atoms with Crippen LogP contribution < -0.4 is 15.5 Å². The topological polar surface area (TPSA) is 78.5 Å². The Labute approximate surface area is 168 Å². The first kappa shape index (κ1) is 19.9. The van der Waals surface area contributed by atoms with Crippen molar-refractivity contribution in [3.05, 3.63) is 64.7 Å². The molecule has 1 fully saturated rings. The lowest BCUT2D eigenvalue weighted by Crippen LogP contribution is -2.38. The number of nitrogens with zero attached hydrogens (tertiary/aromatic N) is 1. The fourth-order valence-electron chi connectivity index (χ4n) is 3.10. The van der Waals surface area contributed by atoms with Gasteiger partial charge in [-0.15, -0.1) is 0 Å². The van der Waals surface area contributed by atoms with Crippen molar-refractivity contribution in [3.8, 4) is 0 Å². The second kappa shape index (κ2) is 8.89. The van der Waals surface area contributed by atoms with Crippen LogP contribution in [-0.2, 0) is 9.59 Å². The molecule has 1 aliphatic heterocycles. The first-order valence-electron chi connectivity index (χ1n) is 9.17. The van der Waals surface area contributed by atoms with Crippen LogP contribution in [0.2, 0.25) is 5.02 Å². The van der Waals surface area contributed by atoms with Gasteiger partial charge in [0.15, 0.2) is 0 Å². The molecule has 146 valence electrons. The van der Waals surface area contributed by atoms with Gasteiger partial charge >= 0.3 is 0 Å². The summed E-state index contributed by atoms with van der Waals surface area (Å²) in [5, 5.41) is 6.08. The van der Waals surface area contributed by atoms with Gasteiger partial charge < -0.3 is 15.5 Å². The molecule has 0 aromatic heterocycles. The minimum absolute atomic E-state index is 0.101. The lowest BCUT2D eigenvalue weighted by Gasteiger charge is -2.16. The fraction of sp³-hybridized carbons (Fsp3) is 0.286. The second-order valence-corrected chi connectivity index (χ2v) is 7.16. The van der Waals surface area contributed by atoms with E-state index >= 15 is 0 Å². The Kier molecular flexibility index (Phi) is 6.31. The minimum atomic E-state index is -0.339. The largest absolute Gasteiger partial charge is 0.348 e. The van der Waals surface area contributed by atoms with Crippen molar-refractivity contribution in [2.45, 2.75) is 25.8 Å². The number of nitrogens with one attached hydrogen (secondary N) is 2.